The van der Waals surface area contributed by atoms with Gasteiger partial charge in [0.25, 0.3) is 0 Å². The van der Waals surface area contributed by atoms with Crippen molar-refractivity contribution in [3.63, 3.8) is 0 Å². The van der Waals surface area contributed by atoms with Crippen molar-refractivity contribution in [1.29, 1.82) is 0 Å². The van der Waals surface area contributed by atoms with E-state index in [1.807, 2.05) is 26.0 Å². The summed E-state index contributed by atoms with van der Waals surface area (Å²) in [5, 5.41) is 15.0. The van der Waals surface area contributed by atoms with Crippen LogP contribution >= 0.6 is 0 Å². The van der Waals surface area contributed by atoms with Gasteiger partial charge in [-0.05, 0) is 57.1 Å². The van der Waals surface area contributed by atoms with E-state index in [1.54, 1.807) is 7.11 Å². The van der Waals surface area contributed by atoms with E-state index in [2.05, 4.69) is 15.5 Å². The lowest BCUT2D eigenvalue weighted by Gasteiger charge is -2.42. The monoisotopic (exact) mass is 375 g/mol. The molecule has 0 bridgehead atoms. The molecule has 0 saturated heterocycles. The van der Waals surface area contributed by atoms with Gasteiger partial charge < -0.3 is 20.5 Å². The van der Waals surface area contributed by atoms with Crippen LogP contribution in [0.1, 0.15) is 36.8 Å². The lowest BCUT2D eigenvalue weighted by Crippen LogP contribution is -2.55. The summed E-state index contributed by atoms with van der Waals surface area (Å²) < 4.78 is 5.40. The number of methoxy groups -OCH3 is 1. The van der Waals surface area contributed by atoms with E-state index in [0.29, 0.717) is 5.92 Å². The largest absolute Gasteiger partial charge is 0.496 e. The van der Waals surface area contributed by atoms with Crippen LogP contribution in [0.3, 0.4) is 0 Å². The number of nitrogens with zero attached hydrogens (tertiary/aromatic N) is 1. The minimum absolute atomic E-state index is 0.0816. The fourth-order valence-electron chi connectivity index (χ4n) is 3.77. The molecule has 7 nitrogen and oxygen atoms in total. The van der Waals surface area contributed by atoms with E-state index in [-0.39, 0.29) is 24.7 Å². The summed E-state index contributed by atoms with van der Waals surface area (Å²) in [6.45, 7) is 4.83. The summed E-state index contributed by atoms with van der Waals surface area (Å²) in [6.07, 6.45) is 3.99. The molecular formula is C20H29N3O4. The van der Waals surface area contributed by atoms with Crippen LogP contribution in [0.4, 0.5) is 10.5 Å². The number of ether oxygens (including phenoxy) is 1. The van der Waals surface area contributed by atoms with Crippen LogP contribution < -0.4 is 15.4 Å². The summed E-state index contributed by atoms with van der Waals surface area (Å²) >= 11 is 0. The zero-order valence-electron chi connectivity index (χ0n) is 16.2. The predicted octanol–water partition coefficient (Wildman–Crippen LogP) is 2.76. The fraction of sp³-hybridized carbons (Fsp3) is 0.600. The molecule has 2 amide bonds. The van der Waals surface area contributed by atoms with Crippen LogP contribution in [0, 0.1) is 19.8 Å². The van der Waals surface area contributed by atoms with E-state index >= 15 is 0 Å². The van der Waals surface area contributed by atoms with Crippen LogP contribution in [-0.2, 0) is 4.79 Å². The number of hydrogen-bond donors (Lipinski definition) is 3. The molecule has 0 unspecified atom stereocenters. The Morgan fingerprint density at radius 2 is 1.96 bits per heavy atom. The van der Waals surface area contributed by atoms with Gasteiger partial charge in [0.2, 0.25) is 0 Å². The quantitative estimate of drug-likeness (QED) is 0.650. The molecule has 0 aromatic heterocycles. The Kier molecular flexibility index (Phi) is 5.89. The first-order valence-corrected chi connectivity index (χ1v) is 9.55. The molecule has 1 aromatic rings. The number of aryl methyl sites for hydroxylation is 1. The van der Waals surface area contributed by atoms with Crippen molar-refractivity contribution in [3.05, 3.63) is 23.3 Å². The number of carboxylic acids is 1. The van der Waals surface area contributed by atoms with E-state index in [4.69, 9.17) is 9.84 Å². The van der Waals surface area contributed by atoms with E-state index < -0.39 is 5.97 Å². The van der Waals surface area contributed by atoms with Gasteiger partial charge in [0.05, 0.1) is 13.7 Å². The Morgan fingerprint density at radius 3 is 2.56 bits per heavy atom. The molecule has 2 fully saturated rings. The molecule has 2 saturated carbocycles. The van der Waals surface area contributed by atoms with Crippen LogP contribution in [0.15, 0.2) is 12.1 Å². The summed E-state index contributed by atoms with van der Waals surface area (Å²) in [6, 6.07) is 3.88. The van der Waals surface area contributed by atoms with Crippen molar-refractivity contribution >= 4 is 17.7 Å². The number of benzene rings is 1. The molecule has 7 heteroatoms. The van der Waals surface area contributed by atoms with Gasteiger partial charge in [-0.25, -0.2) is 4.79 Å². The maximum absolute atomic E-state index is 12.3. The molecule has 0 spiro atoms. The maximum atomic E-state index is 12.3. The van der Waals surface area contributed by atoms with Crippen LogP contribution in [-0.4, -0.2) is 54.3 Å². The van der Waals surface area contributed by atoms with E-state index in [1.165, 1.54) is 12.8 Å². The van der Waals surface area contributed by atoms with Crippen molar-refractivity contribution in [1.82, 2.24) is 10.2 Å². The van der Waals surface area contributed by atoms with E-state index in [0.717, 1.165) is 42.0 Å². The number of urea groups is 1. The van der Waals surface area contributed by atoms with Crippen molar-refractivity contribution in [2.75, 3.05) is 25.5 Å². The van der Waals surface area contributed by atoms with Gasteiger partial charge in [-0.2, -0.15) is 0 Å². The van der Waals surface area contributed by atoms with Gasteiger partial charge in [0, 0.05) is 29.9 Å². The zero-order chi connectivity index (χ0) is 19.6. The number of carbonyl (C=O) groups is 2. The highest BCUT2D eigenvalue weighted by Gasteiger charge is 2.37. The summed E-state index contributed by atoms with van der Waals surface area (Å²) in [4.78, 5) is 25.5. The minimum Gasteiger partial charge on any atom is -0.496 e. The Hall–Kier alpha value is -2.28. The molecule has 148 valence electrons. The number of carbonyl (C=O) groups excluding carboxylic acids is 1. The first-order chi connectivity index (χ1) is 12.9. The van der Waals surface area contributed by atoms with Gasteiger partial charge in [-0.1, -0.05) is 6.07 Å². The third-order valence-corrected chi connectivity index (χ3v) is 5.55. The molecule has 1 aromatic carbocycles. The number of nitrogens with one attached hydrogen (secondary N) is 2. The van der Waals surface area contributed by atoms with Crippen molar-refractivity contribution in [3.8, 4) is 5.75 Å². The molecule has 27 heavy (non-hydrogen) atoms. The Bertz CT molecular complexity index is 711. The number of anilines is 1. The predicted molar refractivity (Wildman–Crippen MR) is 103 cm³/mol. The molecule has 2 aliphatic carbocycles. The first kappa shape index (κ1) is 19.5. The van der Waals surface area contributed by atoms with Gasteiger partial charge in [-0.15, -0.1) is 0 Å². The van der Waals surface area contributed by atoms with E-state index in [9.17, 15) is 9.59 Å². The summed E-state index contributed by atoms with van der Waals surface area (Å²) in [5.41, 5.74) is 2.65. The highest BCUT2D eigenvalue weighted by Crippen LogP contribution is 2.34. The standard InChI is InChI=1S/C20H29N3O4/c1-12-4-7-17(13(2)19(12)27-3)22-20(26)21-15-8-16(9-15)23(11-18(24)25)10-14-5-6-14/h4,7,14-16H,5-6,8-11H2,1-3H3,(H,24,25)(H2,21,22,26). The molecule has 0 atom stereocenters. The number of hydrogen-bond acceptors (Lipinski definition) is 4. The lowest BCUT2D eigenvalue weighted by molar-refractivity contribution is -0.139. The fourth-order valence-corrected chi connectivity index (χ4v) is 3.77. The van der Waals surface area contributed by atoms with Gasteiger partial charge >= 0.3 is 12.0 Å². The molecule has 0 heterocycles. The number of rotatable bonds is 8. The average Bonchev–Trinajstić information content (AvgIpc) is 3.37. The first-order valence-electron chi connectivity index (χ1n) is 9.55. The smallest absolute Gasteiger partial charge is 0.319 e. The second-order valence-electron chi connectivity index (χ2n) is 7.78. The number of aliphatic carboxylic acids is 1. The summed E-state index contributed by atoms with van der Waals surface area (Å²) in [7, 11) is 1.62. The summed E-state index contributed by atoms with van der Waals surface area (Å²) in [5.74, 6) is 0.647. The second-order valence-corrected chi connectivity index (χ2v) is 7.78. The Labute approximate surface area is 160 Å². The van der Waals surface area contributed by atoms with Crippen LogP contribution in [0.5, 0.6) is 5.75 Å². The third kappa shape index (κ3) is 4.91. The van der Waals surface area contributed by atoms with Gasteiger partial charge in [0.15, 0.2) is 0 Å². The van der Waals surface area contributed by atoms with Crippen molar-refractivity contribution < 1.29 is 19.4 Å². The van der Waals surface area contributed by atoms with Crippen LogP contribution in [0.25, 0.3) is 0 Å². The molecule has 0 radical (unpaired) electrons. The van der Waals surface area contributed by atoms with Gasteiger partial charge in [-0.3, -0.25) is 9.69 Å². The lowest BCUT2D eigenvalue weighted by atomic mass is 9.85. The van der Waals surface area contributed by atoms with Crippen molar-refractivity contribution in [2.24, 2.45) is 5.92 Å². The third-order valence-electron chi connectivity index (χ3n) is 5.55. The van der Waals surface area contributed by atoms with Gasteiger partial charge in [0.1, 0.15) is 5.75 Å². The molecule has 0 aliphatic heterocycles. The molecular weight excluding hydrogens is 346 g/mol. The van der Waals surface area contributed by atoms with Crippen molar-refractivity contribution in [2.45, 2.75) is 51.6 Å². The second kappa shape index (κ2) is 8.17. The molecule has 2 aliphatic rings. The maximum Gasteiger partial charge on any atom is 0.319 e. The average molecular weight is 375 g/mol. The number of carboxylic acid groups (broad SMARTS) is 1. The highest BCUT2D eigenvalue weighted by atomic mass is 16.5. The Balaban J connectivity index is 1.49. The topological polar surface area (TPSA) is 90.9 Å². The zero-order valence-corrected chi connectivity index (χ0v) is 16.2. The highest BCUT2D eigenvalue weighted by molar-refractivity contribution is 5.91. The normalized spacial score (nSPS) is 21.5. The van der Waals surface area contributed by atoms with Crippen LogP contribution in [0.2, 0.25) is 0 Å². The molecule has 3 rings (SSSR count). The number of amides is 2. The SMILES string of the molecule is COc1c(C)ccc(NC(=O)NC2CC(N(CC(=O)O)CC3CC3)C2)c1C. The molecule has 3 N–H and O–H groups in total. The minimum atomic E-state index is -0.784. The Morgan fingerprint density at radius 1 is 1.26 bits per heavy atom.